The highest BCUT2D eigenvalue weighted by Gasteiger charge is 2.30. The predicted molar refractivity (Wildman–Crippen MR) is 147 cm³/mol. The molecule has 0 aromatic rings. The fraction of sp³-hybridized carbons (Fsp3) is 0.708. The third-order valence-electron chi connectivity index (χ3n) is 5.89. The molecule has 0 bridgehead atoms. The van der Waals surface area contributed by atoms with Gasteiger partial charge in [0.1, 0.15) is 18.1 Å². The van der Waals surface area contributed by atoms with Gasteiger partial charge in [-0.25, -0.2) is 4.79 Å². The maximum Gasteiger partial charge on any atom is 0.326 e. The zero-order valence-electron chi connectivity index (χ0n) is 23.6. The topological polar surface area (TPSA) is 287 Å². The molecule has 5 atom stereocenters. The number of rotatable bonds is 19. The molecule has 0 rings (SSSR count). The average molecular weight is 572 g/mol. The van der Waals surface area contributed by atoms with Crippen LogP contribution in [0.1, 0.15) is 59.8 Å². The maximum absolute atomic E-state index is 12.9. The van der Waals surface area contributed by atoms with E-state index >= 15 is 0 Å². The Hall–Kier alpha value is -3.95. The van der Waals surface area contributed by atoms with Gasteiger partial charge in [0.05, 0.1) is 19.0 Å². The number of nitrogens with one attached hydrogen (secondary N) is 4. The van der Waals surface area contributed by atoms with Crippen molar-refractivity contribution < 1.29 is 33.9 Å². The number of guanidine groups is 1. The number of aliphatic carboxylic acids is 1. The first-order valence-electron chi connectivity index (χ1n) is 13.1. The molecule has 16 nitrogen and oxygen atoms in total. The molecule has 16 heteroatoms. The number of nitrogens with zero attached hydrogens (tertiary/aromatic N) is 1. The van der Waals surface area contributed by atoms with E-state index in [2.05, 4.69) is 26.3 Å². The summed E-state index contributed by atoms with van der Waals surface area (Å²) in [4.78, 5) is 77.1. The third kappa shape index (κ3) is 14.8. The second kappa shape index (κ2) is 18.4. The first kappa shape index (κ1) is 36.0. The lowest BCUT2D eigenvalue weighted by molar-refractivity contribution is -0.142. The quantitative estimate of drug-likeness (QED) is 0.0430. The van der Waals surface area contributed by atoms with Crippen LogP contribution in [0.25, 0.3) is 0 Å². The smallest absolute Gasteiger partial charge is 0.326 e. The first-order valence-corrected chi connectivity index (χ1v) is 13.1. The monoisotopic (exact) mass is 571 g/mol. The number of carboxylic acids is 1. The fourth-order valence-corrected chi connectivity index (χ4v) is 3.53. The summed E-state index contributed by atoms with van der Waals surface area (Å²) in [7, 11) is 0. The summed E-state index contributed by atoms with van der Waals surface area (Å²) >= 11 is 0. The zero-order valence-corrected chi connectivity index (χ0v) is 23.6. The standard InChI is InChI=1S/C24H45N9O7/c1-5-13(4)19(22(38)31-15(23(39)40)7-6-8-29-24(27)28)33-18(35)11-30-21(37)16(9-12(2)3)32-20(36)14(25)10-17(26)34/h12-16,19H,5-11,25H2,1-4H3,(H2,26,34)(H,30,37)(H,31,38)(H,32,36)(H,33,35)(H,39,40)(H4,27,28,29)/t13-,14-,15-,16-,19-/m0/s1. The summed E-state index contributed by atoms with van der Waals surface area (Å²) in [5, 5.41) is 19.3. The molecule has 228 valence electrons. The van der Waals surface area contributed by atoms with Crippen LogP contribution in [-0.4, -0.2) is 83.8 Å². The van der Waals surface area contributed by atoms with Gasteiger partial charge in [0.25, 0.3) is 0 Å². The second-order valence-corrected chi connectivity index (χ2v) is 9.96. The van der Waals surface area contributed by atoms with Crippen LogP contribution in [0.2, 0.25) is 0 Å². The van der Waals surface area contributed by atoms with E-state index in [-0.39, 0.29) is 37.2 Å². The van der Waals surface area contributed by atoms with Gasteiger partial charge in [-0.15, -0.1) is 0 Å². The maximum atomic E-state index is 12.9. The third-order valence-corrected chi connectivity index (χ3v) is 5.89. The molecule has 5 amide bonds. The first-order chi connectivity index (χ1) is 18.6. The molecule has 0 aliphatic carbocycles. The summed E-state index contributed by atoms with van der Waals surface area (Å²) in [6, 6.07) is -4.58. The lowest BCUT2D eigenvalue weighted by Crippen LogP contribution is -2.56. The molecule has 0 aliphatic rings. The Bertz CT molecular complexity index is 922. The van der Waals surface area contributed by atoms with Crippen molar-refractivity contribution in [2.45, 2.75) is 84.0 Å². The van der Waals surface area contributed by atoms with E-state index in [9.17, 15) is 33.9 Å². The van der Waals surface area contributed by atoms with Gasteiger partial charge in [0.15, 0.2) is 5.96 Å². The van der Waals surface area contributed by atoms with Gasteiger partial charge < -0.3 is 49.3 Å². The SMILES string of the molecule is CC[C@H](C)[C@H](NC(=O)CNC(=O)[C@H](CC(C)C)NC(=O)[C@@H](N)CC(N)=O)C(=O)N[C@@H](CCCN=C(N)N)C(=O)O. The predicted octanol–water partition coefficient (Wildman–Crippen LogP) is -3.01. The van der Waals surface area contributed by atoms with Crippen LogP contribution < -0.4 is 44.2 Å². The van der Waals surface area contributed by atoms with Crippen molar-refractivity contribution >= 4 is 41.5 Å². The van der Waals surface area contributed by atoms with Gasteiger partial charge in [-0.3, -0.25) is 29.0 Å². The molecule has 0 heterocycles. The van der Waals surface area contributed by atoms with Crippen molar-refractivity contribution in [3.05, 3.63) is 0 Å². The molecule has 0 saturated carbocycles. The van der Waals surface area contributed by atoms with Crippen LogP contribution in [0.5, 0.6) is 0 Å². The minimum absolute atomic E-state index is 0.0163. The molecule has 0 aliphatic heterocycles. The van der Waals surface area contributed by atoms with Crippen molar-refractivity contribution in [2.75, 3.05) is 13.1 Å². The van der Waals surface area contributed by atoms with Crippen LogP contribution in [0.3, 0.4) is 0 Å². The zero-order chi connectivity index (χ0) is 31.0. The van der Waals surface area contributed by atoms with Crippen molar-refractivity contribution in [3.8, 4) is 0 Å². The van der Waals surface area contributed by atoms with Crippen LogP contribution in [0, 0.1) is 11.8 Å². The Labute approximate surface area is 233 Å². The summed E-state index contributed by atoms with van der Waals surface area (Å²) in [5.41, 5.74) is 21.2. The molecule has 0 fully saturated rings. The molecular formula is C24H45N9O7. The number of aliphatic imine (C=N–C) groups is 1. The van der Waals surface area contributed by atoms with Crippen LogP contribution in [0.15, 0.2) is 4.99 Å². The molecular weight excluding hydrogens is 526 g/mol. The Morgan fingerprint density at radius 1 is 0.875 bits per heavy atom. The van der Waals surface area contributed by atoms with E-state index < -0.39 is 72.6 Å². The average Bonchev–Trinajstić information content (AvgIpc) is 2.85. The lowest BCUT2D eigenvalue weighted by atomic mass is 9.97. The number of amides is 5. The van der Waals surface area contributed by atoms with E-state index in [0.29, 0.717) is 12.8 Å². The Morgan fingerprint density at radius 2 is 1.48 bits per heavy atom. The van der Waals surface area contributed by atoms with Crippen molar-refractivity contribution in [3.63, 3.8) is 0 Å². The molecule has 0 saturated heterocycles. The number of carbonyl (C=O) groups is 6. The van der Waals surface area contributed by atoms with Gasteiger partial charge in [0, 0.05) is 6.54 Å². The number of nitrogens with two attached hydrogens (primary N) is 4. The minimum atomic E-state index is -1.26. The largest absolute Gasteiger partial charge is 0.480 e. The molecule has 13 N–H and O–H groups in total. The highest BCUT2D eigenvalue weighted by Crippen LogP contribution is 2.10. The molecule has 0 aromatic heterocycles. The molecule has 0 spiro atoms. The highest BCUT2D eigenvalue weighted by molar-refractivity contribution is 5.94. The van der Waals surface area contributed by atoms with Crippen molar-refractivity contribution in [2.24, 2.45) is 39.8 Å². The number of hydrogen-bond acceptors (Lipinski definition) is 8. The molecule has 0 unspecified atom stereocenters. The Morgan fingerprint density at radius 3 is 1.98 bits per heavy atom. The molecule has 0 radical (unpaired) electrons. The van der Waals surface area contributed by atoms with Gasteiger partial charge in [-0.1, -0.05) is 34.1 Å². The summed E-state index contributed by atoms with van der Waals surface area (Å²) < 4.78 is 0. The lowest BCUT2D eigenvalue weighted by Gasteiger charge is -2.26. The normalized spacial score (nSPS) is 14.6. The summed E-state index contributed by atoms with van der Waals surface area (Å²) in [6.07, 6.45) is 0.660. The second-order valence-electron chi connectivity index (χ2n) is 9.96. The van der Waals surface area contributed by atoms with Crippen molar-refractivity contribution in [1.82, 2.24) is 21.3 Å². The highest BCUT2D eigenvalue weighted by atomic mass is 16.4. The number of primary amides is 1. The van der Waals surface area contributed by atoms with E-state index in [0.717, 1.165) is 0 Å². The van der Waals surface area contributed by atoms with Gasteiger partial charge in [-0.05, 0) is 31.1 Å². The van der Waals surface area contributed by atoms with Crippen LogP contribution in [-0.2, 0) is 28.8 Å². The summed E-state index contributed by atoms with van der Waals surface area (Å²) in [5.74, 6) is -5.35. The van der Waals surface area contributed by atoms with Gasteiger partial charge in [-0.2, -0.15) is 0 Å². The van der Waals surface area contributed by atoms with E-state index in [1.807, 2.05) is 13.8 Å². The Balaban J connectivity index is 5.26. The summed E-state index contributed by atoms with van der Waals surface area (Å²) in [6.45, 7) is 6.82. The number of carbonyl (C=O) groups excluding carboxylic acids is 5. The van der Waals surface area contributed by atoms with E-state index in [4.69, 9.17) is 22.9 Å². The fourth-order valence-electron chi connectivity index (χ4n) is 3.53. The number of hydrogen-bond donors (Lipinski definition) is 9. The van der Waals surface area contributed by atoms with Crippen LogP contribution in [0.4, 0.5) is 0 Å². The Kier molecular flexibility index (Phi) is 16.5. The van der Waals surface area contributed by atoms with E-state index in [1.165, 1.54) is 0 Å². The number of carboxylic acid groups (broad SMARTS) is 1. The van der Waals surface area contributed by atoms with Crippen LogP contribution >= 0.6 is 0 Å². The molecule has 0 aromatic carbocycles. The minimum Gasteiger partial charge on any atom is -0.480 e. The van der Waals surface area contributed by atoms with Gasteiger partial charge in [0.2, 0.25) is 29.5 Å². The van der Waals surface area contributed by atoms with E-state index in [1.54, 1.807) is 13.8 Å². The van der Waals surface area contributed by atoms with Gasteiger partial charge >= 0.3 is 5.97 Å². The van der Waals surface area contributed by atoms with Crippen molar-refractivity contribution in [1.29, 1.82) is 0 Å². The molecule has 40 heavy (non-hydrogen) atoms.